The van der Waals surface area contributed by atoms with Crippen molar-refractivity contribution in [3.63, 3.8) is 0 Å². The fourth-order valence-electron chi connectivity index (χ4n) is 1.17. The van der Waals surface area contributed by atoms with Crippen molar-refractivity contribution < 1.29 is 14.6 Å². The average molecular weight is 213 g/mol. The van der Waals surface area contributed by atoms with Gasteiger partial charge in [-0.25, -0.2) is 4.39 Å². The second kappa shape index (κ2) is 4.59. The van der Waals surface area contributed by atoms with E-state index in [1.807, 2.05) is 0 Å². The van der Waals surface area contributed by atoms with Crippen molar-refractivity contribution in [2.24, 2.45) is 0 Å². The Bertz CT molecular complexity index is 334. The van der Waals surface area contributed by atoms with Crippen LogP contribution in [-0.2, 0) is 6.54 Å². The standard InChI is InChI=1S/C11H16FNO2/c1-11(2,15)7-13-6-8-3-4-10(14)9(12)5-8/h3-5,13-15H,6-7H2,1-2H3. The number of nitrogens with one attached hydrogen (secondary N) is 1. The van der Waals surface area contributed by atoms with Gasteiger partial charge in [0.05, 0.1) is 5.60 Å². The third-order valence-electron chi connectivity index (χ3n) is 1.90. The van der Waals surface area contributed by atoms with E-state index in [-0.39, 0.29) is 5.75 Å². The lowest BCUT2D eigenvalue weighted by Gasteiger charge is -2.17. The topological polar surface area (TPSA) is 52.5 Å². The Morgan fingerprint density at radius 3 is 2.60 bits per heavy atom. The quantitative estimate of drug-likeness (QED) is 0.708. The SMILES string of the molecule is CC(C)(O)CNCc1ccc(O)c(F)c1. The van der Waals surface area contributed by atoms with Crippen LogP contribution in [0.25, 0.3) is 0 Å². The van der Waals surface area contributed by atoms with Gasteiger partial charge in [0.1, 0.15) is 0 Å². The Kier molecular flexibility index (Phi) is 3.66. The van der Waals surface area contributed by atoms with Crippen LogP contribution in [0.15, 0.2) is 18.2 Å². The van der Waals surface area contributed by atoms with Gasteiger partial charge in [-0.1, -0.05) is 6.07 Å². The molecule has 1 aromatic rings. The summed E-state index contributed by atoms with van der Waals surface area (Å²) in [6.45, 7) is 4.27. The molecule has 0 saturated carbocycles. The van der Waals surface area contributed by atoms with Gasteiger partial charge in [0.15, 0.2) is 11.6 Å². The summed E-state index contributed by atoms with van der Waals surface area (Å²) in [5, 5.41) is 21.4. The highest BCUT2D eigenvalue weighted by Gasteiger charge is 2.11. The summed E-state index contributed by atoms with van der Waals surface area (Å²) in [7, 11) is 0. The maximum Gasteiger partial charge on any atom is 0.165 e. The Morgan fingerprint density at radius 1 is 1.40 bits per heavy atom. The van der Waals surface area contributed by atoms with Crippen molar-refractivity contribution in [2.75, 3.05) is 6.54 Å². The van der Waals surface area contributed by atoms with Gasteiger partial charge in [-0.2, -0.15) is 0 Å². The average Bonchev–Trinajstić information content (AvgIpc) is 2.09. The van der Waals surface area contributed by atoms with Crippen LogP contribution in [0.3, 0.4) is 0 Å². The zero-order chi connectivity index (χ0) is 11.5. The predicted molar refractivity (Wildman–Crippen MR) is 56.1 cm³/mol. The molecule has 0 unspecified atom stereocenters. The third-order valence-corrected chi connectivity index (χ3v) is 1.90. The highest BCUT2D eigenvalue weighted by atomic mass is 19.1. The number of hydrogen-bond acceptors (Lipinski definition) is 3. The molecule has 4 heteroatoms. The molecular formula is C11H16FNO2. The summed E-state index contributed by atoms with van der Waals surface area (Å²) in [5.41, 5.74) is -0.0512. The van der Waals surface area contributed by atoms with Crippen LogP contribution in [0.5, 0.6) is 5.75 Å². The van der Waals surface area contributed by atoms with E-state index in [0.717, 1.165) is 5.56 Å². The molecule has 3 N–H and O–H groups in total. The van der Waals surface area contributed by atoms with Crippen LogP contribution in [0.1, 0.15) is 19.4 Å². The molecule has 0 bridgehead atoms. The summed E-state index contributed by atoms with van der Waals surface area (Å²) < 4.78 is 12.9. The fourth-order valence-corrected chi connectivity index (χ4v) is 1.17. The number of rotatable bonds is 4. The van der Waals surface area contributed by atoms with Crippen molar-refractivity contribution in [2.45, 2.75) is 26.0 Å². The molecule has 84 valence electrons. The summed E-state index contributed by atoms with van der Waals surface area (Å²) in [6, 6.07) is 4.22. The third kappa shape index (κ3) is 4.27. The molecule has 1 rings (SSSR count). The van der Waals surface area contributed by atoms with Crippen LogP contribution in [-0.4, -0.2) is 22.4 Å². The van der Waals surface area contributed by atoms with Crippen molar-refractivity contribution >= 4 is 0 Å². The van der Waals surface area contributed by atoms with Crippen molar-refractivity contribution in [3.8, 4) is 5.75 Å². The molecule has 0 aromatic heterocycles. The van der Waals surface area contributed by atoms with Gasteiger partial charge in [0, 0.05) is 13.1 Å². The maximum atomic E-state index is 12.9. The van der Waals surface area contributed by atoms with E-state index in [1.54, 1.807) is 19.9 Å². The first kappa shape index (κ1) is 11.9. The fraction of sp³-hybridized carbons (Fsp3) is 0.455. The number of halogens is 1. The summed E-state index contributed by atoms with van der Waals surface area (Å²) >= 11 is 0. The monoisotopic (exact) mass is 213 g/mol. The lowest BCUT2D eigenvalue weighted by atomic mass is 10.1. The van der Waals surface area contributed by atoms with Crippen molar-refractivity contribution in [3.05, 3.63) is 29.6 Å². The van der Waals surface area contributed by atoms with Gasteiger partial charge in [-0.3, -0.25) is 0 Å². The van der Waals surface area contributed by atoms with Crippen LogP contribution >= 0.6 is 0 Å². The van der Waals surface area contributed by atoms with Crippen LogP contribution in [0.2, 0.25) is 0 Å². The first-order valence-corrected chi connectivity index (χ1v) is 4.79. The summed E-state index contributed by atoms with van der Waals surface area (Å²) in [6.07, 6.45) is 0. The predicted octanol–water partition coefficient (Wildman–Crippen LogP) is 1.39. The van der Waals surface area contributed by atoms with Gasteiger partial charge in [0.25, 0.3) is 0 Å². The van der Waals surface area contributed by atoms with E-state index in [9.17, 15) is 9.50 Å². The van der Waals surface area contributed by atoms with E-state index < -0.39 is 11.4 Å². The van der Waals surface area contributed by atoms with Gasteiger partial charge in [-0.05, 0) is 31.5 Å². The molecule has 0 radical (unpaired) electrons. The minimum Gasteiger partial charge on any atom is -0.505 e. The number of hydrogen-bond donors (Lipinski definition) is 3. The van der Waals surface area contributed by atoms with Crippen molar-refractivity contribution in [1.82, 2.24) is 5.32 Å². The van der Waals surface area contributed by atoms with E-state index in [1.165, 1.54) is 12.1 Å². The van der Waals surface area contributed by atoms with Crippen LogP contribution in [0, 0.1) is 5.82 Å². The molecule has 0 spiro atoms. The molecule has 3 nitrogen and oxygen atoms in total. The second-order valence-corrected chi connectivity index (χ2v) is 4.20. The van der Waals surface area contributed by atoms with Crippen LogP contribution in [0.4, 0.5) is 4.39 Å². The number of aromatic hydroxyl groups is 1. The molecule has 0 atom stereocenters. The zero-order valence-corrected chi connectivity index (χ0v) is 8.92. The maximum absolute atomic E-state index is 12.9. The van der Waals surface area contributed by atoms with E-state index in [0.29, 0.717) is 13.1 Å². The zero-order valence-electron chi connectivity index (χ0n) is 8.92. The molecular weight excluding hydrogens is 197 g/mol. The molecule has 0 amide bonds. The summed E-state index contributed by atoms with van der Waals surface area (Å²) in [4.78, 5) is 0. The Balaban J connectivity index is 2.48. The Hall–Kier alpha value is -1.13. The Morgan fingerprint density at radius 2 is 2.07 bits per heavy atom. The molecule has 0 aliphatic rings. The van der Waals surface area contributed by atoms with E-state index in [4.69, 9.17) is 5.11 Å². The number of phenols is 1. The highest BCUT2D eigenvalue weighted by molar-refractivity contribution is 5.27. The van der Waals surface area contributed by atoms with Gasteiger partial charge in [0.2, 0.25) is 0 Å². The van der Waals surface area contributed by atoms with Crippen molar-refractivity contribution in [1.29, 1.82) is 0 Å². The van der Waals surface area contributed by atoms with Gasteiger partial charge in [-0.15, -0.1) is 0 Å². The first-order valence-electron chi connectivity index (χ1n) is 4.79. The molecule has 15 heavy (non-hydrogen) atoms. The molecule has 0 aliphatic heterocycles. The second-order valence-electron chi connectivity index (χ2n) is 4.20. The molecule has 0 saturated heterocycles. The van der Waals surface area contributed by atoms with E-state index in [2.05, 4.69) is 5.32 Å². The van der Waals surface area contributed by atoms with E-state index >= 15 is 0 Å². The van der Waals surface area contributed by atoms with Crippen LogP contribution < -0.4 is 5.32 Å². The lowest BCUT2D eigenvalue weighted by Crippen LogP contribution is -2.34. The first-order chi connectivity index (χ1) is 6.88. The smallest absolute Gasteiger partial charge is 0.165 e. The number of benzene rings is 1. The van der Waals surface area contributed by atoms with Gasteiger partial charge < -0.3 is 15.5 Å². The highest BCUT2D eigenvalue weighted by Crippen LogP contribution is 2.15. The molecule has 0 aliphatic carbocycles. The minimum atomic E-state index is -0.782. The van der Waals surface area contributed by atoms with Gasteiger partial charge >= 0.3 is 0 Å². The lowest BCUT2D eigenvalue weighted by molar-refractivity contribution is 0.0795. The minimum absolute atomic E-state index is 0.346. The Labute approximate surface area is 88.6 Å². The summed E-state index contributed by atoms with van der Waals surface area (Å²) in [5.74, 6) is -0.973. The molecule has 1 aromatic carbocycles. The molecule has 0 heterocycles. The number of phenolic OH excluding ortho intramolecular Hbond substituents is 1. The normalized spacial score (nSPS) is 11.7. The number of aliphatic hydroxyl groups is 1. The largest absolute Gasteiger partial charge is 0.505 e. The molecule has 0 fully saturated rings.